The van der Waals surface area contributed by atoms with Crippen molar-refractivity contribution in [1.29, 1.82) is 0 Å². The van der Waals surface area contributed by atoms with E-state index in [9.17, 15) is 0 Å². The Bertz CT molecular complexity index is 48.1. The van der Waals surface area contributed by atoms with Crippen molar-refractivity contribution in [3.63, 3.8) is 0 Å². The normalized spacial score (nSPS) is 29.6. The highest BCUT2D eigenvalue weighted by molar-refractivity contribution is 4.65. The molecule has 0 aromatic heterocycles. The summed E-state index contributed by atoms with van der Waals surface area (Å²) in [6.07, 6.45) is 4.00. The Balaban J connectivity index is 1.93. The van der Waals surface area contributed by atoms with Gasteiger partial charge in [0.15, 0.2) is 0 Å². The molecule has 1 atom stereocenters. The van der Waals surface area contributed by atoms with Crippen LogP contribution < -0.4 is 0 Å². The Hall–Kier alpha value is -0.0400. The van der Waals surface area contributed by atoms with Gasteiger partial charge in [-0.3, -0.25) is 0 Å². The van der Waals surface area contributed by atoms with Crippen molar-refractivity contribution in [3.05, 3.63) is 6.92 Å². The molecule has 1 fully saturated rings. The summed E-state index contributed by atoms with van der Waals surface area (Å²) >= 11 is 0. The zero-order chi connectivity index (χ0) is 5.11. The van der Waals surface area contributed by atoms with E-state index in [0.717, 1.165) is 19.4 Å². The lowest BCUT2D eigenvalue weighted by Crippen LogP contribution is -2.25. The SMILES string of the molecule is [CH2]CCC1CCO1. The van der Waals surface area contributed by atoms with Crippen molar-refractivity contribution in [2.45, 2.75) is 25.4 Å². The van der Waals surface area contributed by atoms with Gasteiger partial charge in [0, 0.05) is 6.61 Å². The lowest BCUT2D eigenvalue weighted by molar-refractivity contribution is -0.0538. The molecule has 1 heterocycles. The van der Waals surface area contributed by atoms with Gasteiger partial charge in [-0.05, 0) is 12.8 Å². The fourth-order valence-corrected chi connectivity index (χ4v) is 0.740. The molecule has 1 aliphatic rings. The van der Waals surface area contributed by atoms with Gasteiger partial charge >= 0.3 is 0 Å². The van der Waals surface area contributed by atoms with E-state index in [-0.39, 0.29) is 0 Å². The lowest BCUT2D eigenvalue weighted by atomic mass is 10.1. The summed E-state index contributed by atoms with van der Waals surface area (Å²) in [7, 11) is 0. The molecule has 41 valence electrons. The third kappa shape index (κ3) is 1.16. The van der Waals surface area contributed by atoms with Crippen molar-refractivity contribution >= 4 is 0 Å². The molecule has 7 heavy (non-hydrogen) atoms. The highest BCUT2D eigenvalue weighted by Crippen LogP contribution is 2.15. The van der Waals surface area contributed by atoms with E-state index in [1.165, 1.54) is 6.42 Å². The molecule has 0 aromatic carbocycles. The predicted octanol–water partition coefficient (Wildman–Crippen LogP) is 1.39. The van der Waals surface area contributed by atoms with Gasteiger partial charge in [-0.1, -0.05) is 13.3 Å². The van der Waals surface area contributed by atoms with E-state index >= 15 is 0 Å². The number of hydrogen-bond donors (Lipinski definition) is 0. The summed E-state index contributed by atoms with van der Waals surface area (Å²) in [5, 5.41) is 0. The maximum Gasteiger partial charge on any atom is 0.0597 e. The fraction of sp³-hybridized carbons (Fsp3) is 0.833. The molecule has 1 unspecified atom stereocenters. The molecule has 0 saturated carbocycles. The molecule has 0 aliphatic carbocycles. The minimum atomic E-state index is 0.567. The van der Waals surface area contributed by atoms with Crippen molar-refractivity contribution in [3.8, 4) is 0 Å². The van der Waals surface area contributed by atoms with E-state index in [1.807, 2.05) is 0 Å². The molecule has 1 heteroatoms. The maximum atomic E-state index is 5.13. The van der Waals surface area contributed by atoms with Crippen molar-refractivity contribution < 1.29 is 4.74 Å². The molecule has 1 aliphatic heterocycles. The van der Waals surface area contributed by atoms with E-state index in [0.29, 0.717) is 6.10 Å². The molecular formula is C6H11O. The van der Waals surface area contributed by atoms with Crippen LogP contribution in [0.25, 0.3) is 0 Å². The van der Waals surface area contributed by atoms with Gasteiger partial charge in [-0.2, -0.15) is 0 Å². The van der Waals surface area contributed by atoms with Gasteiger partial charge in [-0.25, -0.2) is 0 Å². The average molecular weight is 99.2 g/mol. The molecule has 0 N–H and O–H groups in total. The monoisotopic (exact) mass is 99.1 g/mol. The number of rotatable bonds is 2. The second kappa shape index (κ2) is 2.31. The minimum absolute atomic E-state index is 0.567. The van der Waals surface area contributed by atoms with Gasteiger partial charge < -0.3 is 4.74 Å². The van der Waals surface area contributed by atoms with Crippen LogP contribution in [-0.4, -0.2) is 12.7 Å². The summed E-state index contributed by atoms with van der Waals surface area (Å²) in [6, 6.07) is 0. The molecule has 1 radical (unpaired) electrons. The van der Waals surface area contributed by atoms with Crippen LogP contribution in [0.1, 0.15) is 19.3 Å². The molecule has 1 nitrogen and oxygen atoms in total. The molecular weight excluding hydrogens is 88.1 g/mol. The standard InChI is InChI=1S/C6H11O/c1-2-3-6-4-5-7-6/h6H,1-5H2. The molecule has 0 bridgehead atoms. The van der Waals surface area contributed by atoms with Crippen LogP contribution >= 0.6 is 0 Å². The highest BCUT2D eigenvalue weighted by Gasteiger charge is 2.15. The first-order valence-electron chi connectivity index (χ1n) is 2.84. The van der Waals surface area contributed by atoms with E-state index in [4.69, 9.17) is 4.74 Å². The van der Waals surface area contributed by atoms with Gasteiger partial charge in [0.05, 0.1) is 6.10 Å². The van der Waals surface area contributed by atoms with Gasteiger partial charge in [0.2, 0.25) is 0 Å². The topological polar surface area (TPSA) is 9.23 Å². The van der Waals surface area contributed by atoms with E-state index in [2.05, 4.69) is 6.92 Å². The molecule has 0 spiro atoms. The Kier molecular flexibility index (Phi) is 1.69. The third-order valence-electron chi connectivity index (χ3n) is 1.32. The number of hydrogen-bond acceptors (Lipinski definition) is 1. The van der Waals surface area contributed by atoms with Crippen molar-refractivity contribution in [2.75, 3.05) is 6.61 Å². The second-order valence-electron chi connectivity index (χ2n) is 1.92. The Morgan fingerprint density at radius 1 is 1.71 bits per heavy atom. The smallest absolute Gasteiger partial charge is 0.0597 e. The van der Waals surface area contributed by atoms with Crippen molar-refractivity contribution in [1.82, 2.24) is 0 Å². The summed E-state index contributed by atoms with van der Waals surface area (Å²) in [4.78, 5) is 0. The Morgan fingerprint density at radius 3 is 2.57 bits per heavy atom. The Morgan fingerprint density at radius 2 is 2.43 bits per heavy atom. The number of ether oxygens (including phenoxy) is 1. The second-order valence-corrected chi connectivity index (χ2v) is 1.92. The first kappa shape index (κ1) is 5.10. The summed E-state index contributed by atoms with van der Waals surface area (Å²) in [6.45, 7) is 4.70. The van der Waals surface area contributed by atoms with Gasteiger partial charge in [0.25, 0.3) is 0 Å². The molecule has 1 saturated heterocycles. The molecule has 0 aromatic rings. The van der Waals surface area contributed by atoms with Gasteiger partial charge in [-0.15, -0.1) is 0 Å². The third-order valence-corrected chi connectivity index (χ3v) is 1.32. The van der Waals surface area contributed by atoms with Crippen LogP contribution in [0.5, 0.6) is 0 Å². The summed E-state index contributed by atoms with van der Waals surface area (Å²) in [5.74, 6) is 0. The summed E-state index contributed by atoms with van der Waals surface area (Å²) < 4.78 is 5.13. The largest absolute Gasteiger partial charge is 0.378 e. The van der Waals surface area contributed by atoms with Crippen LogP contribution in [0.15, 0.2) is 0 Å². The van der Waals surface area contributed by atoms with Crippen LogP contribution in [-0.2, 0) is 4.74 Å². The van der Waals surface area contributed by atoms with Crippen LogP contribution in [0.4, 0.5) is 0 Å². The van der Waals surface area contributed by atoms with Gasteiger partial charge in [0.1, 0.15) is 0 Å². The van der Waals surface area contributed by atoms with E-state index in [1.54, 1.807) is 0 Å². The zero-order valence-electron chi connectivity index (χ0n) is 4.52. The minimum Gasteiger partial charge on any atom is -0.378 e. The van der Waals surface area contributed by atoms with Crippen LogP contribution in [0.2, 0.25) is 0 Å². The average Bonchev–Trinajstić information content (AvgIpc) is 1.55. The molecule has 0 amide bonds. The fourth-order valence-electron chi connectivity index (χ4n) is 0.740. The Labute approximate surface area is 44.7 Å². The molecule has 1 rings (SSSR count). The van der Waals surface area contributed by atoms with Crippen LogP contribution in [0, 0.1) is 6.92 Å². The maximum absolute atomic E-state index is 5.13. The lowest BCUT2D eigenvalue weighted by Gasteiger charge is -2.25. The van der Waals surface area contributed by atoms with E-state index < -0.39 is 0 Å². The first-order valence-corrected chi connectivity index (χ1v) is 2.84. The quantitative estimate of drug-likeness (QED) is 0.508. The summed E-state index contributed by atoms with van der Waals surface area (Å²) in [5.41, 5.74) is 0. The zero-order valence-corrected chi connectivity index (χ0v) is 4.52. The van der Waals surface area contributed by atoms with Crippen molar-refractivity contribution in [2.24, 2.45) is 0 Å². The highest BCUT2D eigenvalue weighted by atomic mass is 16.5. The predicted molar refractivity (Wildman–Crippen MR) is 28.9 cm³/mol. The van der Waals surface area contributed by atoms with Crippen LogP contribution in [0.3, 0.4) is 0 Å². The first-order chi connectivity index (χ1) is 3.43.